The molecule has 1 saturated carbocycles. The first kappa shape index (κ1) is 16.3. The lowest BCUT2D eigenvalue weighted by molar-refractivity contribution is -0.0417. The van der Waals surface area contributed by atoms with Crippen LogP contribution >= 0.6 is 0 Å². The third-order valence-corrected chi connectivity index (χ3v) is 4.70. The molecule has 3 nitrogen and oxygen atoms in total. The van der Waals surface area contributed by atoms with E-state index >= 15 is 0 Å². The molecule has 1 aliphatic rings. The van der Waals surface area contributed by atoms with Crippen molar-refractivity contribution in [2.24, 2.45) is 0 Å². The molecule has 0 spiro atoms. The lowest BCUT2D eigenvalue weighted by atomic mass is 9.79. The van der Waals surface area contributed by atoms with Crippen LogP contribution in [0.1, 0.15) is 53.6 Å². The summed E-state index contributed by atoms with van der Waals surface area (Å²) in [4.78, 5) is 12.7. The van der Waals surface area contributed by atoms with Gasteiger partial charge in [-0.3, -0.25) is 0 Å². The van der Waals surface area contributed by atoms with E-state index in [0.29, 0.717) is 5.56 Å². The lowest BCUT2D eigenvalue weighted by Crippen LogP contribution is -2.34. The van der Waals surface area contributed by atoms with Gasteiger partial charge in [0, 0.05) is 0 Å². The second-order valence-electron chi connectivity index (χ2n) is 6.32. The maximum atomic E-state index is 12.7. The fraction of sp³-hybridized carbons (Fsp3) is 0.286. The Morgan fingerprint density at radius 2 is 1.79 bits per heavy atom. The standard InChI is InChI=1S/C21H22O3/c1-2-16-9-11-17(12-10-16)20(23)24-21(13-4-3-5-14-21)18-7-6-8-19(22)15-18/h2,6-12,15,22H,1,3-5,13-14H2. The van der Waals surface area contributed by atoms with Gasteiger partial charge in [-0.1, -0.05) is 43.3 Å². The molecule has 1 fully saturated rings. The van der Waals surface area contributed by atoms with Gasteiger partial charge in [0.2, 0.25) is 0 Å². The molecule has 2 aromatic rings. The summed E-state index contributed by atoms with van der Waals surface area (Å²) in [5, 5.41) is 9.82. The van der Waals surface area contributed by atoms with E-state index in [9.17, 15) is 9.90 Å². The Hall–Kier alpha value is -2.55. The molecule has 3 rings (SSSR count). The maximum Gasteiger partial charge on any atom is 0.339 e. The van der Waals surface area contributed by atoms with E-state index in [1.807, 2.05) is 18.2 Å². The summed E-state index contributed by atoms with van der Waals surface area (Å²) >= 11 is 0. The first-order valence-electron chi connectivity index (χ1n) is 8.38. The fourth-order valence-electron chi connectivity index (χ4n) is 3.35. The van der Waals surface area contributed by atoms with Crippen LogP contribution in [0, 0.1) is 0 Å². The number of carbonyl (C=O) groups excluding carboxylic acids is 1. The number of hydrogen-bond acceptors (Lipinski definition) is 3. The molecule has 3 heteroatoms. The van der Waals surface area contributed by atoms with Crippen molar-refractivity contribution < 1.29 is 14.6 Å². The Balaban J connectivity index is 1.88. The minimum Gasteiger partial charge on any atom is -0.508 e. The number of hydrogen-bond donors (Lipinski definition) is 1. The molecule has 0 heterocycles. The first-order chi connectivity index (χ1) is 11.6. The van der Waals surface area contributed by atoms with Crippen molar-refractivity contribution in [1.29, 1.82) is 0 Å². The molecule has 0 aliphatic heterocycles. The van der Waals surface area contributed by atoms with E-state index in [0.717, 1.165) is 43.2 Å². The summed E-state index contributed by atoms with van der Waals surface area (Å²) in [6, 6.07) is 14.3. The SMILES string of the molecule is C=Cc1ccc(C(=O)OC2(c3cccc(O)c3)CCCCC2)cc1. The van der Waals surface area contributed by atoms with Crippen molar-refractivity contribution in [2.75, 3.05) is 0 Å². The molecule has 24 heavy (non-hydrogen) atoms. The molecule has 2 aromatic carbocycles. The second kappa shape index (κ2) is 6.91. The second-order valence-corrected chi connectivity index (χ2v) is 6.32. The summed E-state index contributed by atoms with van der Waals surface area (Å²) in [6.07, 6.45) is 6.48. The van der Waals surface area contributed by atoms with Gasteiger partial charge in [0.15, 0.2) is 0 Å². The summed E-state index contributed by atoms with van der Waals surface area (Å²) in [6.45, 7) is 3.72. The van der Waals surface area contributed by atoms with E-state index in [4.69, 9.17) is 4.74 Å². The lowest BCUT2D eigenvalue weighted by Gasteiger charge is -2.37. The fourth-order valence-corrected chi connectivity index (χ4v) is 3.35. The highest BCUT2D eigenvalue weighted by Gasteiger charge is 2.38. The third kappa shape index (κ3) is 3.35. The van der Waals surface area contributed by atoms with Crippen LogP contribution in [0.2, 0.25) is 0 Å². The van der Waals surface area contributed by atoms with Crippen molar-refractivity contribution in [3.05, 3.63) is 71.8 Å². The van der Waals surface area contributed by atoms with Crippen molar-refractivity contribution in [2.45, 2.75) is 37.7 Å². The van der Waals surface area contributed by atoms with Gasteiger partial charge in [0.05, 0.1) is 5.56 Å². The summed E-state index contributed by atoms with van der Waals surface area (Å²) in [5.74, 6) is -0.125. The molecule has 124 valence electrons. The minimum absolute atomic E-state index is 0.198. The summed E-state index contributed by atoms with van der Waals surface area (Å²) in [5.41, 5.74) is 1.72. The number of rotatable bonds is 4. The number of ether oxygens (including phenoxy) is 1. The number of phenols is 1. The molecular weight excluding hydrogens is 300 g/mol. The Bertz CT molecular complexity index is 725. The third-order valence-electron chi connectivity index (χ3n) is 4.70. The van der Waals surface area contributed by atoms with Gasteiger partial charge in [-0.15, -0.1) is 0 Å². The predicted molar refractivity (Wildman–Crippen MR) is 94.8 cm³/mol. The largest absolute Gasteiger partial charge is 0.508 e. The Labute approximate surface area is 142 Å². The number of carbonyl (C=O) groups is 1. The molecule has 0 bridgehead atoms. The predicted octanol–water partition coefficient (Wildman–Crippen LogP) is 5.05. The molecule has 0 atom stereocenters. The molecule has 1 N–H and O–H groups in total. The van der Waals surface area contributed by atoms with Crippen molar-refractivity contribution in [1.82, 2.24) is 0 Å². The van der Waals surface area contributed by atoms with Crippen LogP contribution in [-0.2, 0) is 10.3 Å². The monoisotopic (exact) mass is 322 g/mol. The molecule has 0 unspecified atom stereocenters. The van der Waals surface area contributed by atoms with Crippen LogP contribution in [0.3, 0.4) is 0 Å². The Morgan fingerprint density at radius 3 is 2.42 bits per heavy atom. The highest BCUT2D eigenvalue weighted by Crippen LogP contribution is 2.42. The summed E-state index contributed by atoms with van der Waals surface area (Å²) in [7, 11) is 0. The number of phenolic OH excluding ortho intramolecular Hbond substituents is 1. The molecule has 0 aromatic heterocycles. The van der Waals surface area contributed by atoms with Gasteiger partial charge in [-0.05, 0) is 61.1 Å². The van der Waals surface area contributed by atoms with Crippen LogP contribution in [0.15, 0.2) is 55.1 Å². The number of benzene rings is 2. The van der Waals surface area contributed by atoms with E-state index < -0.39 is 5.60 Å². The normalized spacial score (nSPS) is 16.3. The van der Waals surface area contributed by atoms with E-state index in [1.54, 1.807) is 36.4 Å². The van der Waals surface area contributed by atoms with Gasteiger partial charge in [0.25, 0.3) is 0 Å². The van der Waals surface area contributed by atoms with Crippen LogP contribution in [-0.4, -0.2) is 11.1 Å². The minimum atomic E-state index is -0.648. The van der Waals surface area contributed by atoms with Gasteiger partial charge in [-0.2, -0.15) is 0 Å². The van der Waals surface area contributed by atoms with E-state index in [-0.39, 0.29) is 11.7 Å². The van der Waals surface area contributed by atoms with Gasteiger partial charge >= 0.3 is 5.97 Å². The van der Waals surface area contributed by atoms with E-state index in [2.05, 4.69) is 6.58 Å². The molecule has 0 amide bonds. The summed E-state index contributed by atoms with van der Waals surface area (Å²) < 4.78 is 6.00. The zero-order valence-corrected chi connectivity index (χ0v) is 13.7. The van der Waals surface area contributed by atoms with Crippen molar-refractivity contribution >= 4 is 12.0 Å². The van der Waals surface area contributed by atoms with Gasteiger partial charge in [0.1, 0.15) is 11.4 Å². The van der Waals surface area contributed by atoms with Crippen molar-refractivity contribution in [3.63, 3.8) is 0 Å². The number of aromatic hydroxyl groups is 1. The topological polar surface area (TPSA) is 46.5 Å². The highest BCUT2D eigenvalue weighted by atomic mass is 16.6. The van der Waals surface area contributed by atoms with Crippen molar-refractivity contribution in [3.8, 4) is 5.75 Å². The van der Waals surface area contributed by atoms with Gasteiger partial charge in [-0.25, -0.2) is 4.79 Å². The Morgan fingerprint density at radius 1 is 1.08 bits per heavy atom. The average Bonchev–Trinajstić information content (AvgIpc) is 2.62. The number of esters is 1. The molecule has 0 radical (unpaired) electrons. The van der Waals surface area contributed by atoms with Crippen LogP contribution in [0.4, 0.5) is 0 Å². The van der Waals surface area contributed by atoms with Crippen LogP contribution in [0.5, 0.6) is 5.75 Å². The zero-order chi connectivity index (χ0) is 17.0. The van der Waals surface area contributed by atoms with Crippen LogP contribution < -0.4 is 0 Å². The average molecular weight is 322 g/mol. The van der Waals surface area contributed by atoms with E-state index in [1.165, 1.54) is 0 Å². The van der Waals surface area contributed by atoms with Gasteiger partial charge < -0.3 is 9.84 Å². The first-order valence-corrected chi connectivity index (χ1v) is 8.38. The van der Waals surface area contributed by atoms with Crippen LogP contribution in [0.25, 0.3) is 6.08 Å². The quantitative estimate of drug-likeness (QED) is 0.801. The zero-order valence-electron chi connectivity index (χ0n) is 13.7. The molecule has 1 aliphatic carbocycles. The smallest absolute Gasteiger partial charge is 0.339 e. The highest BCUT2D eigenvalue weighted by molar-refractivity contribution is 5.90. The maximum absolute atomic E-state index is 12.7. The molecule has 0 saturated heterocycles. The Kier molecular flexibility index (Phi) is 4.70. The molecular formula is C21H22O3.